The van der Waals surface area contributed by atoms with Gasteiger partial charge in [0, 0.05) is 0 Å². The van der Waals surface area contributed by atoms with E-state index in [1.807, 2.05) is 6.92 Å². The first kappa shape index (κ1) is 11.3. The summed E-state index contributed by atoms with van der Waals surface area (Å²) in [7, 11) is 3.14. The van der Waals surface area contributed by atoms with Crippen LogP contribution in [0, 0.1) is 10.5 Å². The molecule has 0 N–H and O–H groups in total. The van der Waals surface area contributed by atoms with Gasteiger partial charge in [0.2, 0.25) is 0 Å². The van der Waals surface area contributed by atoms with Gasteiger partial charge in [0.1, 0.15) is 11.5 Å². The first-order chi connectivity index (χ1) is 6.65. The average molecular weight is 306 g/mol. The molecule has 1 rings (SSSR count). The van der Waals surface area contributed by atoms with Gasteiger partial charge in [-0.15, -0.1) is 0 Å². The van der Waals surface area contributed by atoms with Crippen molar-refractivity contribution >= 4 is 28.9 Å². The standard InChI is InChI=1S/C10H11IO3/c1-6-4-7(5-12)10(14-3)8(11)9(6)13-2/h4-5H,1-3H3. The largest absolute Gasteiger partial charge is 0.495 e. The number of ether oxygens (including phenoxy) is 2. The van der Waals surface area contributed by atoms with E-state index in [2.05, 4.69) is 22.6 Å². The van der Waals surface area contributed by atoms with Crippen molar-refractivity contribution in [3.8, 4) is 11.5 Å². The van der Waals surface area contributed by atoms with Crippen molar-refractivity contribution in [1.29, 1.82) is 0 Å². The molecule has 0 aliphatic heterocycles. The van der Waals surface area contributed by atoms with Gasteiger partial charge in [-0.3, -0.25) is 4.79 Å². The van der Waals surface area contributed by atoms with Gasteiger partial charge >= 0.3 is 0 Å². The number of hydrogen-bond acceptors (Lipinski definition) is 3. The quantitative estimate of drug-likeness (QED) is 0.635. The van der Waals surface area contributed by atoms with Gasteiger partial charge in [-0.1, -0.05) is 0 Å². The molecule has 0 saturated carbocycles. The molecule has 3 nitrogen and oxygen atoms in total. The highest BCUT2D eigenvalue weighted by atomic mass is 127. The Kier molecular flexibility index (Phi) is 3.74. The summed E-state index contributed by atoms with van der Waals surface area (Å²) >= 11 is 2.11. The second kappa shape index (κ2) is 4.63. The van der Waals surface area contributed by atoms with Crippen molar-refractivity contribution in [3.63, 3.8) is 0 Å². The van der Waals surface area contributed by atoms with E-state index in [1.165, 1.54) is 0 Å². The highest BCUT2D eigenvalue weighted by Crippen LogP contribution is 2.35. The summed E-state index contributed by atoms with van der Waals surface area (Å²) in [6, 6.07) is 1.76. The summed E-state index contributed by atoms with van der Waals surface area (Å²) in [4.78, 5) is 10.8. The Balaban J connectivity index is 3.46. The van der Waals surface area contributed by atoms with Crippen molar-refractivity contribution in [2.75, 3.05) is 14.2 Å². The molecule has 14 heavy (non-hydrogen) atoms. The van der Waals surface area contributed by atoms with Gasteiger partial charge in [-0.25, -0.2) is 0 Å². The van der Waals surface area contributed by atoms with E-state index in [9.17, 15) is 4.79 Å². The van der Waals surface area contributed by atoms with Crippen molar-refractivity contribution in [2.45, 2.75) is 6.92 Å². The molecule has 0 radical (unpaired) electrons. The van der Waals surface area contributed by atoms with Crippen LogP contribution in [-0.2, 0) is 0 Å². The van der Waals surface area contributed by atoms with E-state index in [-0.39, 0.29) is 0 Å². The Bertz CT molecular complexity index is 361. The summed E-state index contributed by atoms with van der Waals surface area (Å²) in [5.74, 6) is 1.33. The number of carbonyl (C=O) groups is 1. The van der Waals surface area contributed by atoms with E-state index in [1.54, 1.807) is 20.3 Å². The van der Waals surface area contributed by atoms with Crippen LogP contribution in [0.4, 0.5) is 0 Å². The zero-order chi connectivity index (χ0) is 10.7. The number of benzene rings is 1. The fourth-order valence-corrected chi connectivity index (χ4v) is 2.49. The Labute approximate surface area is 96.5 Å². The molecule has 0 heterocycles. The molecule has 1 aromatic carbocycles. The second-order valence-corrected chi connectivity index (χ2v) is 3.86. The van der Waals surface area contributed by atoms with Gasteiger partial charge in [0.25, 0.3) is 0 Å². The van der Waals surface area contributed by atoms with Crippen LogP contribution in [0.3, 0.4) is 0 Å². The fourth-order valence-electron chi connectivity index (χ4n) is 1.31. The highest BCUT2D eigenvalue weighted by molar-refractivity contribution is 14.1. The average Bonchev–Trinajstić information content (AvgIpc) is 2.17. The van der Waals surface area contributed by atoms with E-state index in [0.717, 1.165) is 21.2 Å². The third kappa shape index (κ3) is 1.84. The van der Waals surface area contributed by atoms with Crippen LogP contribution in [0.25, 0.3) is 0 Å². The van der Waals surface area contributed by atoms with Crippen LogP contribution in [0.1, 0.15) is 15.9 Å². The summed E-state index contributed by atoms with van der Waals surface area (Å²) < 4.78 is 11.2. The molecule has 0 aromatic heterocycles. The number of aryl methyl sites for hydroxylation is 1. The lowest BCUT2D eigenvalue weighted by Crippen LogP contribution is -1.99. The molecule has 0 unspecified atom stereocenters. The molecule has 1 aromatic rings. The Morgan fingerprint density at radius 1 is 1.29 bits per heavy atom. The van der Waals surface area contributed by atoms with Crippen molar-refractivity contribution < 1.29 is 14.3 Å². The number of halogens is 1. The van der Waals surface area contributed by atoms with Crippen molar-refractivity contribution in [3.05, 3.63) is 20.8 Å². The maximum atomic E-state index is 10.8. The molecule has 76 valence electrons. The van der Waals surface area contributed by atoms with E-state index in [4.69, 9.17) is 9.47 Å². The van der Waals surface area contributed by atoms with E-state index < -0.39 is 0 Å². The molecule has 0 spiro atoms. The lowest BCUT2D eigenvalue weighted by atomic mass is 10.1. The lowest BCUT2D eigenvalue weighted by Gasteiger charge is -2.12. The maximum absolute atomic E-state index is 10.8. The first-order valence-electron chi connectivity index (χ1n) is 4.02. The van der Waals surface area contributed by atoms with Gasteiger partial charge in [0.15, 0.2) is 6.29 Å². The minimum absolute atomic E-state index is 0.551. The van der Waals surface area contributed by atoms with Crippen LogP contribution in [0.2, 0.25) is 0 Å². The zero-order valence-corrected chi connectivity index (χ0v) is 10.4. The lowest BCUT2D eigenvalue weighted by molar-refractivity contribution is 0.112. The third-order valence-electron chi connectivity index (χ3n) is 1.93. The third-order valence-corrected chi connectivity index (χ3v) is 2.91. The number of aldehydes is 1. The first-order valence-corrected chi connectivity index (χ1v) is 5.09. The van der Waals surface area contributed by atoms with Gasteiger partial charge in [-0.05, 0) is 41.1 Å². The van der Waals surface area contributed by atoms with Crippen molar-refractivity contribution in [1.82, 2.24) is 0 Å². The molecule has 0 aliphatic rings. The fraction of sp³-hybridized carbons (Fsp3) is 0.300. The van der Waals surface area contributed by atoms with Crippen LogP contribution < -0.4 is 9.47 Å². The predicted octanol–water partition coefficient (Wildman–Crippen LogP) is 2.43. The summed E-state index contributed by atoms with van der Waals surface area (Å²) in [6.45, 7) is 1.90. The molecule has 0 bridgehead atoms. The number of rotatable bonds is 3. The number of methoxy groups -OCH3 is 2. The summed E-state index contributed by atoms with van der Waals surface area (Å²) in [5.41, 5.74) is 1.48. The monoisotopic (exact) mass is 306 g/mol. The molecule has 0 saturated heterocycles. The molecule has 0 fully saturated rings. The molecular weight excluding hydrogens is 295 g/mol. The van der Waals surface area contributed by atoms with Gasteiger partial charge < -0.3 is 9.47 Å². The molecule has 4 heteroatoms. The Hall–Kier alpha value is -0.780. The van der Waals surface area contributed by atoms with Gasteiger partial charge in [-0.2, -0.15) is 0 Å². The minimum atomic E-state index is 0.551. The van der Waals surface area contributed by atoms with Crippen molar-refractivity contribution in [2.24, 2.45) is 0 Å². The minimum Gasteiger partial charge on any atom is -0.495 e. The topological polar surface area (TPSA) is 35.5 Å². The maximum Gasteiger partial charge on any atom is 0.153 e. The molecular formula is C10H11IO3. The van der Waals surface area contributed by atoms with Crippen LogP contribution >= 0.6 is 22.6 Å². The van der Waals surface area contributed by atoms with Crippen LogP contribution in [-0.4, -0.2) is 20.5 Å². The predicted molar refractivity (Wildman–Crippen MR) is 62.4 cm³/mol. The van der Waals surface area contributed by atoms with Gasteiger partial charge in [0.05, 0.1) is 23.4 Å². The smallest absolute Gasteiger partial charge is 0.153 e. The summed E-state index contributed by atoms with van der Waals surface area (Å²) in [5, 5.41) is 0. The SMILES string of the molecule is COc1c(C)cc(C=O)c(OC)c1I. The van der Waals surface area contributed by atoms with Crippen LogP contribution in [0.5, 0.6) is 11.5 Å². The normalized spacial score (nSPS) is 9.71. The molecule has 0 aliphatic carbocycles. The summed E-state index contributed by atoms with van der Waals surface area (Å²) in [6.07, 6.45) is 0.785. The Morgan fingerprint density at radius 3 is 2.29 bits per heavy atom. The van der Waals surface area contributed by atoms with E-state index >= 15 is 0 Å². The molecule has 0 atom stereocenters. The zero-order valence-electron chi connectivity index (χ0n) is 8.26. The number of carbonyl (C=O) groups excluding carboxylic acids is 1. The molecule has 0 amide bonds. The Morgan fingerprint density at radius 2 is 1.86 bits per heavy atom. The van der Waals surface area contributed by atoms with E-state index in [0.29, 0.717) is 11.3 Å². The number of hydrogen-bond donors (Lipinski definition) is 0. The van der Waals surface area contributed by atoms with Crippen LogP contribution in [0.15, 0.2) is 6.07 Å². The second-order valence-electron chi connectivity index (χ2n) is 2.78. The highest BCUT2D eigenvalue weighted by Gasteiger charge is 2.14.